The molecule has 1 aliphatic heterocycles. The molecule has 0 aromatic heterocycles. The zero-order chi connectivity index (χ0) is 22.4. The van der Waals surface area contributed by atoms with Crippen molar-refractivity contribution in [1.29, 1.82) is 0 Å². The molecule has 1 aliphatic rings. The summed E-state index contributed by atoms with van der Waals surface area (Å²) in [5, 5.41) is -0.508. The minimum absolute atomic E-state index is 0.174. The van der Waals surface area contributed by atoms with Crippen LogP contribution in [-0.4, -0.2) is 41.8 Å². The summed E-state index contributed by atoms with van der Waals surface area (Å²) in [5.74, 6) is -0.0806. The molecule has 31 heavy (non-hydrogen) atoms. The first-order chi connectivity index (χ1) is 14.9. The normalized spacial score (nSPS) is 15.8. The van der Waals surface area contributed by atoms with E-state index in [2.05, 4.69) is 0 Å². The van der Waals surface area contributed by atoms with Gasteiger partial charge in [0.25, 0.3) is 11.1 Å². The van der Waals surface area contributed by atoms with Gasteiger partial charge in [-0.2, -0.15) is 0 Å². The standard InChI is InChI=1S/C23H23NO6S/c1-4-29-22(26)15(2)24-21(25)20(31-23(24)27)13-17-10-11-18(19(12-17)28-3)30-14-16-8-6-5-7-9-16/h5-13,15H,4,14H2,1-3H3. The average Bonchev–Trinajstić information content (AvgIpc) is 3.05. The van der Waals surface area contributed by atoms with E-state index in [0.717, 1.165) is 22.2 Å². The molecule has 1 heterocycles. The van der Waals surface area contributed by atoms with Crippen LogP contribution in [0.25, 0.3) is 6.08 Å². The summed E-state index contributed by atoms with van der Waals surface area (Å²) in [6.45, 7) is 3.70. The van der Waals surface area contributed by atoms with E-state index in [1.54, 1.807) is 31.2 Å². The summed E-state index contributed by atoms with van der Waals surface area (Å²) >= 11 is 0.784. The summed E-state index contributed by atoms with van der Waals surface area (Å²) in [5.41, 5.74) is 1.69. The van der Waals surface area contributed by atoms with Gasteiger partial charge in [0.2, 0.25) is 0 Å². The Labute approximate surface area is 185 Å². The van der Waals surface area contributed by atoms with Crippen molar-refractivity contribution in [3.05, 3.63) is 64.6 Å². The van der Waals surface area contributed by atoms with Gasteiger partial charge in [-0.1, -0.05) is 36.4 Å². The molecule has 2 aromatic rings. The predicted octanol–water partition coefficient (Wildman–Crippen LogP) is 4.26. The van der Waals surface area contributed by atoms with E-state index in [0.29, 0.717) is 23.7 Å². The van der Waals surface area contributed by atoms with Gasteiger partial charge in [0.1, 0.15) is 12.6 Å². The Kier molecular flexibility index (Phi) is 7.36. The lowest BCUT2D eigenvalue weighted by molar-refractivity contribution is -0.150. The highest BCUT2D eigenvalue weighted by atomic mass is 32.2. The van der Waals surface area contributed by atoms with Gasteiger partial charge in [0.05, 0.1) is 18.6 Å². The summed E-state index contributed by atoms with van der Waals surface area (Å²) < 4.78 is 16.2. The van der Waals surface area contributed by atoms with E-state index in [1.165, 1.54) is 14.0 Å². The Morgan fingerprint density at radius 3 is 2.55 bits per heavy atom. The van der Waals surface area contributed by atoms with Crippen LogP contribution in [0.3, 0.4) is 0 Å². The third kappa shape index (κ3) is 5.27. The van der Waals surface area contributed by atoms with Crippen molar-refractivity contribution in [3.8, 4) is 11.5 Å². The molecule has 0 radical (unpaired) electrons. The van der Waals surface area contributed by atoms with Crippen LogP contribution >= 0.6 is 11.8 Å². The van der Waals surface area contributed by atoms with E-state index < -0.39 is 23.2 Å². The highest BCUT2D eigenvalue weighted by Gasteiger charge is 2.41. The molecule has 1 atom stereocenters. The van der Waals surface area contributed by atoms with Crippen LogP contribution < -0.4 is 9.47 Å². The van der Waals surface area contributed by atoms with Gasteiger partial charge < -0.3 is 14.2 Å². The van der Waals surface area contributed by atoms with Crippen LogP contribution in [0.2, 0.25) is 0 Å². The lowest BCUT2D eigenvalue weighted by Crippen LogP contribution is -2.42. The fourth-order valence-corrected chi connectivity index (χ4v) is 3.87. The number of imide groups is 1. The average molecular weight is 442 g/mol. The summed E-state index contributed by atoms with van der Waals surface area (Å²) in [4.78, 5) is 38.1. The number of nitrogens with zero attached hydrogens (tertiary/aromatic N) is 1. The molecule has 0 N–H and O–H groups in total. The molecule has 1 fully saturated rings. The van der Waals surface area contributed by atoms with Crippen molar-refractivity contribution in [3.63, 3.8) is 0 Å². The smallest absolute Gasteiger partial charge is 0.329 e. The minimum Gasteiger partial charge on any atom is -0.493 e. The quantitative estimate of drug-likeness (QED) is 0.447. The SMILES string of the molecule is CCOC(=O)C(C)N1C(=O)SC(=Cc2ccc(OCc3ccccc3)c(OC)c2)C1=O. The van der Waals surface area contributed by atoms with Gasteiger partial charge in [0, 0.05) is 0 Å². The molecular formula is C23H23NO6S. The van der Waals surface area contributed by atoms with Crippen molar-refractivity contribution >= 4 is 35.0 Å². The number of hydrogen-bond acceptors (Lipinski definition) is 7. The fourth-order valence-electron chi connectivity index (χ4n) is 2.96. The van der Waals surface area contributed by atoms with Crippen molar-refractivity contribution in [2.24, 2.45) is 0 Å². The second kappa shape index (κ2) is 10.2. The van der Waals surface area contributed by atoms with Crippen LogP contribution in [0.5, 0.6) is 11.5 Å². The molecule has 1 saturated heterocycles. The maximum atomic E-state index is 12.7. The molecule has 0 bridgehead atoms. The maximum Gasteiger partial charge on any atom is 0.329 e. The zero-order valence-electron chi connectivity index (χ0n) is 17.5. The Balaban J connectivity index is 1.76. The second-order valence-corrected chi connectivity index (χ2v) is 7.66. The Morgan fingerprint density at radius 1 is 1.13 bits per heavy atom. The van der Waals surface area contributed by atoms with Gasteiger partial charge in [-0.15, -0.1) is 0 Å². The van der Waals surface area contributed by atoms with E-state index in [1.807, 2.05) is 30.3 Å². The molecule has 2 amide bonds. The summed E-state index contributed by atoms with van der Waals surface area (Å²) in [7, 11) is 1.53. The van der Waals surface area contributed by atoms with E-state index in [-0.39, 0.29) is 11.5 Å². The summed E-state index contributed by atoms with van der Waals surface area (Å²) in [6.07, 6.45) is 1.59. The number of esters is 1. The predicted molar refractivity (Wildman–Crippen MR) is 118 cm³/mol. The first-order valence-electron chi connectivity index (χ1n) is 9.73. The van der Waals surface area contributed by atoms with Crippen LogP contribution in [0.4, 0.5) is 4.79 Å². The number of rotatable bonds is 8. The number of benzene rings is 2. The van der Waals surface area contributed by atoms with Gasteiger partial charge >= 0.3 is 5.97 Å². The van der Waals surface area contributed by atoms with Crippen LogP contribution in [0.15, 0.2) is 53.4 Å². The lowest BCUT2D eigenvalue weighted by atomic mass is 10.1. The van der Waals surface area contributed by atoms with Crippen LogP contribution in [0, 0.1) is 0 Å². The molecule has 7 nitrogen and oxygen atoms in total. The number of amides is 2. The van der Waals surface area contributed by atoms with Gasteiger partial charge in [-0.05, 0) is 54.9 Å². The van der Waals surface area contributed by atoms with E-state index in [9.17, 15) is 14.4 Å². The molecule has 0 aliphatic carbocycles. The number of hydrogen-bond donors (Lipinski definition) is 0. The van der Waals surface area contributed by atoms with E-state index in [4.69, 9.17) is 14.2 Å². The molecule has 162 valence electrons. The van der Waals surface area contributed by atoms with Crippen molar-refractivity contribution < 1.29 is 28.6 Å². The van der Waals surface area contributed by atoms with Crippen LogP contribution in [0.1, 0.15) is 25.0 Å². The number of ether oxygens (including phenoxy) is 3. The van der Waals surface area contributed by atoms with Crippen molar-refractivity contribution in [2.75, 3.05) is 13.7 Å². The second-order valence-electron chi connectivity index (χ2n) is 6.66. The molecule has 0 saturated carbocycles. The number of carbonyl (C=O) groups excluding carboxylic acids is 3. The van der Waals surface area contributed by atoms with Crippen molar-refractivity contribution in [1.82, 2.24) is 4.90 Å². The van der Waals surface area contributed by atoms with Gasteiger partial charge in [-0.3, -0.25) is 14.5 Å². The summed E-state index contributed by atoms with van der Waals surface area (Å²) in [6, 6.07) is 14.0. The third-order valence-corrected chi connectivity index (χ3v) is 5.44. The Hall–Kier alpha value is -3.26. The third-order valence-electron chi connectivity index (χ3n) is 4.56. The Bertz CT molecular complexity index is 1000. The molecular weight excluding hydrogens is 418 g/mol. The van der Waals surface area contributed by atoms with Crippen molar-refractivity contribution in [2.45, 2.75) is 26.5 Å². The Morgan fingerprint density at radius 2 is 1.87 bits per heavy atom. The fraction of sp³-hybridized carbons (Fsp3) is 0.261. The lowest BCUT2D eigenvalue weighted by Gasteiger charge is -2.19. The monoisotopic (exact) mass is 441 g/mol. The first kappa shape index (κ1) is 22.4. The first-order valence-corrected chi connectivity index (χ1v) is 10.5. The topological polar surface area (TPSA) is 82.1 Å². The molecule has 0 spiro atoms. The largest absolute Gasteiger partial charge is 0.493 e. The minimum atomic E-state index is -0.985. The molecule has 1 unspecified atom stereocenters. The number of methoxy groups -OCH3 is 1. The molecule has 2 aromatic carbocycles. The highest BCUT2D eigenvalue weighted by molar-refractivity contribution is 8.18. The number of carbonyl (C=O) groups is 3. The van der Waals surface area contributed by atoms with E-state index >= 15 is 0 Å². The highest BCUT2D eigenvalue weighted by Crippen LogP contribution is 2.35. The number of thioether (sulfide) groups is 1. The van der Waals surface area contributed by atoms with Crippen LogP contribution in [-0.2, 0) is 20.9 Å². The zero-order valence-corrected chi connectivity index (χ0v) is 18.3. The molecule has 3 rings (SSSR count). The van der Waals surface area contributed by atoms with Gasteiger partial charge in [0.15, 0.2) is 11.5 Å². The molecule has 8 heteroatoms. The maximum absolute atomic E-state index is 12.7. The van der Waals surface area contributed by atoms with Gasteiger partial charge in [-0.25, -0.2) is 4.79 Å².